The van der Waals surface area contributed by atoms with E-state index in [1.165, 1.54) is 23.0 Å². The van der Waals surface area contributed by atoms with Gasteiger partial charge in [-0.1, -0.05) is 39.7 Å². The van der Waals surface area contributed by atoms with Crippen LogP contribution < -0.4 is 15.0 Å². The summed E-state index contributed by atoms with van der Waals surface area (Å²) in [4.78, 5) is 28.5. The molecule has 4 rings (SSSR count). The van der Waals surface area contributed by atoms with E-state index in [9.17, 15) is 9.59 Å². The largest absolute Gasteiger partial charge is 0.490 e. The Bertz CT molecular complexity index is 1530. The van der Waals surface area contributed by atoms with Crippen molar-refractivity contribution < 1.29 is 19.4 Å². The Morgan fingerprint density at radius 2 is 1.92 bits per heavy atom. The van der Waals surface area contributed by atoms with Gasteiger partial charge in [-0.25, -0.2) is 9.78 Å². The summed E-state index contributed by atoms with van der Waals surface area (Å²) in [5.41, 5.74) is 1.86. The normalized spacial score (nSPS) is 11.2. The summed E-state index contributed by atoms with van der Waals surface area (Å²) in [6.45, 7) is 4.09. The predicted octanol–water partition coefficient (Wildman–Crippen LogP) is 5.68. The molecule has 4 aromatic rings. The second-order valence-electron chi connectivity index (χ2n) is 7.74. The molecule has 1 aromatic heterocycles. The molecule has 0 radical (unpaired) electrons. The van der Waals surface area contributed by atoms with Crippen molar-refractivity contribution in [1.29, 1.82) is 0 Å². The zero-order valence-electron chi connectivity index (χ0n) is 19.4. The van der Waals surface area contributed by atoms with Gasteiger partial charge >= 0.3 is 5.97 Å². The second kappa shape index (κ2) is 10.9. The number of aryl methyl sites for hydroxylation is 1. The van der Waals surface area contributed by atoms with E-state index in [0.29, 0.717) is 45.4 Å². The fourth-order valence-electron chi connectivity index (χ4n) is 3.48. The van der Waals surface area contributed by atoms with Crippen molar-refractivity contribution in [3.05, 3.63) is 97.0 Å². The Hall–Kier alpha value is -3.69. The average Bonchev–Trinajstić information content (AvgIpc) is 2.84. The highest BCUT2D eigenvalue weighted by molar-refractivity contribution is 9.10. The van der Waals surface area contributed by atoms with Crippen LogP contribution in [0.4, 0.5) is 0 Å². The number of rotatable bonds is 8. The van der Waals surface area contributed by atoms with Crippen LogP contribution in [-0.2, 0) is 6.61 Å². The van der Waals surface area contributed by atoms with Crippen LogP contribution in [-0.4, -0.2) is 33.6 Å². The minimum Gasteiger partial charge on any atom is -0.490 e. The number of halogens is 2. The third kappa shape index (κ3) is 5.58. The van der Waals surface area contributed by atoms with E-state index in [0.717, 1.165) is 10.0 Å². The first-order chi connectivity index (χ1) is 17.3. The number of hydrogen-bond acceptors (Lipinski definition) is 6. The van der Waals surface area contributed by atoms with Crippen LogP contribution in [0, 0.1) is 6.92 Å². The van der Waals surface area contributed by atoms with Gasteiger partial charge in [0.15, 0.2) is 11.5 Å². The van der Waals surface area contributed by atoms with Crippen molar-refractivity contribution in [2.24, 2.45) is 5.10 Å². The van der Waals surface area contributed by atoms with Gasteiger partial charge in [-0.2, -0.15) is 9.78 Å². The summed E-state index contributed by atoms with van der Waals surface area (Å²) in [6, 6.07) is 15.1. The van der Waals surface area contributed by atoms with Crippen LogP contribution in [0.25, 0.3) is 10.9 Å². The van der Waals surface area contributed by atoms with E-state index in [2.05, 4.69) is 26.0 Å². The molecular formula is C26H21BrClN3O5. The summed E-state index contributed by atoms with van der Waals surface area (Å²) in [5.74, 6) is 0.212. The molecule has 36 heavy (non-hydrogen) atoms. The highest BCUT2D eigenvalue weighted by Crippen LogP contribution is 2.37. The number of aromatic nitrogens is 2. The van der Waals surface area contributed by atoms with Crippen molar-refractivity contribution in [2.45, 2.75) is 20.5 Å². The number of carbonyl (C=O) groups is 1. The lowest BCUT2D eigenvalue weighted by atomic mass is 10.1. The van der Waals surface area contributed by atoms with Crippen LogP contribution in [0.5, 0.6) is 11.5 Å². The molecule has 0 aliphatic rings. The molecule has 0 saturated heterocycles. The monoisotopic (exact) mass is 569 g/mol. The minimum absolute atomic E-state index is 0.167. The van der Waals surface area contributed by atoms with Gasteiger partial charge in [-0.3, -0.25) is 4.79 Å². The molecule has 0 unspecified atom stereocenters. The van der Waals surface area contributed by atoms with E-state index in [1.807, 2.05) is 13.0 Å². The van der Waals surface area contributed by atoms with Gasteiger partial charge in [0.2, 0.25) is 0 Å². The van der Waals surface area contributed by atoms with E-state index in [1.54, 1.807) is 43.3 Å². The third-order valence-corrected chi connectivity index (χ3v) is 5.98. The Morgan fingerprint density at radius 3 is 2.61 bits per heavy atom. The highest BCUT2D eigenvalue weighted by atomic mass is 79.9. The van der Waals surface area contributed by atoms with Gasteiger partial charge in [0.25, 0.3) is 5.56 Å². The van der Waals surface area contributed by atoms with E-state index in [-0.39, 0.29) is 17.7 Å². The molecule has 0 atom stereocenters. The lowest BCUT2D eigenvalue weighted by molar-refractivity contribution is 0.0697. The van der Waals surface area contributed by atoms with Crippen molar-refractivity contribution in [1.82, 2.24) is 9.66 Å². The number of nitrogens with zero attached hydrogens (tertiary/aromatic N) is 3. The fourth-order valence-corrected chi connectivity index (χ4v) is 4.12. The first kappa shape index (κ1) is 25.4. The second-order valence-corrected chi connectivity index (χ2v) is 9.06. The molecule has 0 fully saturated rings. The zero-order chi connectivity index (χ0) is 25.8. The molecule has 0 aliphatic heterocycles. The van der Waals surface area contributed by atoms with Crippen molar-refractivity contribution in [3.63, 3.8) is 0 Å². The summed E-state index contributed by atoms with van der Waals surface area (Å²) >= 11 is 9.89. The molecule has 10 heteroatoms. The van der Waals surface area contributed by atoms with Crippen LogP contribution in [0.3, 0.4) is 0 Å². The quantitative estimate of drug-likeness (QED) is 0.274. The molecule has 3 aromatic carbocycles. The number of fused-ring (bicyclic) bond motifs is 1. The van der Waals surface area contributed by atoms with E-state index in [4.69, 9.17) is 26.2 Å². The number of hydrogen-bond donors (Lipinski definition) is 1. The van der Waals surface area contributed by atoms with Crippen molar-refractivity contribution >= 4 is 50.6 Å². The first-order valence-corrected chi connectivity index (χ1v) is 12.1. The Kier molecular flexibility index (Phi) is 7.71. The maximum absolute atomic E-state index is 13.0. The van der Waals surface area contributed by atoms with E-state index >= 15 is 0 Å². The van der Waals surface area contributed by atoms with Crippen molar-refractivity contribution in [2.75, 3.05) is 6.61 Å². The average molecular weight is 571 g/mol. The van der Waals surface area contributed by atoms with Gasteiger partial charge in [0, 0.05) is 4.47 Å². The molecule has 1 heterocycles. The van der Waals surface area contributed by atoms with Crippen LogP contribution >= 0.6 is 27.5 Å². The van der Waals surface area contributed by atoms with Crippen LogP contribution in [0.15, 0.2) is 69.0 Å². The number of benzene rings is 3. The Balaban J connectivity index is 1.62. The molecular weight excluding hydrogens is 550 g/mol. The molecule has 1 N–H and O–H groups in total. The molecule has 0 bridgehead atoms. The van der Waals surface area contributed by atoms with Crippen LogP contribution in [0.2, 0.25) is 5.02 Å². The van der Waals surface area contributed by atoms with Gasteiger partial charge in [0.05, 0.1) is 34.3 Å². The smallest absolute Gasteiger partial charge is 0.335 e. The summed E-state index contributed by atoms with van der Waals surface area (Å²) in [6.07, 6.45) is 1.50. The number of carboxylic acid groups (broad SMARTS) is 1. The molecule has 184 valence electrons. The molecule has 0 aliphatic carbocycles. The van der Waals surface area contributed by atoms with Gasteiger partial charge in [0.1, 0.15) is 12.4 Å². The summed E-state index contributed by atoms with van der Waals surface area (Å²) in [7, 11) is 0. The SMILES string of the molecule is CCOc1cc(C=Nn2c(C)nc3ccc(Br)cc3c2=O)cc(Cl)c1OCc1ccc(C(=O)O)cc1. The minimum atomic E-state index is -0.994. The molecule has 0 saturated carbocycles. The number of carboxylic acids is 1. The maximum Gasteiger partial charge on any atom is 0.335 e. The Morgan fingerprint density at radius 1 is 1.17 bits per heavy atom. The lowest BCUT2D eigenvalue weighted by Crippen LogP contribution is -2.20. The first-order valence-electron chi connectivity index (χ1n) is 10.9. The summed E-state index contributed by atoms with van der Waals surface area (Å²) < 4.78 is 13.6. The Labute approximate surface area is 219 Å². The molecule has 0 spiro atoms. The topological polar surface area (TPSA) is 103 Å². The van der Waals surface area contributed by atoms with E-state index < -0.39 is 5.97 Å². The van der Waals surface area contributed by atoms with Crippen molar-refractivity contribution in [3.8, 4) is 11.5 Å². The van der Waals surface area contributed by atoms with Gasteiger partial charge in [-0.05, 0) is 67.4 Å². The zero-order valence-corrected chi connectivity index (χ0v) is 21.7. The predicted molar refractivity (Wildman–Crippen MR) is 142 cm³/mol. The maximum atomic E-state index is 13.0. The van der Waals surface area contributed by atoms with Crippen LogP contribution in [0.1, 0.15) is 34.2 Å². The van der Waals surface area contributed by atoms with Gasteiger partial charge < -0.3 is 14.6 Å². The standard InChI is InChI=1S/C26H21BrClN3O5/c1-3-35-23-11-17(10-21(28)24(23)36-14-16-4-6-18(7-5-16)26(33)34)13-29-31-15(2)30-22-9-8-19(27)12-20(22)25(31)32/h4-13H,3,14H2,1-2H3,(H,33,34). The van der Waals surface area contributed by atoms with Gasteiger partial charge in [-0.15, -0.1) is 0 Å². The summed E-state index contributed by atoms with van der Waals surface area (Å²) in [5, 5.41) is 14.1. The number of aromatic carboxylic acids is 1. The highest BCUT2D eigenvalue weighted by Gasteiger charge is 2.14. The molecule has 0 amide bonds. The fraction of sp³-hybridized carbons (Fsp3) is 0.154. The molecule has 8 nitrogen and oxygen atoms in total. The lowest BCUT2D eigenvalue weighted by Gasteiger charge is -2.14. The number of ether oxygens (including phenoxy) is 2. The third-order valence-electron chi connectivity index (χ3n) is 5.21.